The molecule has 0 saturated heterocycles. The maximum absolute atomic E-state index is 13.1. The molecule has 0 unspecified atom stereocenters. The van der Waals surface area contributed by atoms with Crippen LogP contribution in [-0.4, -0.2) is 17.1 Å². The molecular formula is C19H19FN2O. The van der Waals surface area contributed by atoms with Crippen LogP contribution in [-0.2, 0) is 6.42 Å². The van der Waals surface area contributed by atoms with Gasteiger partial charge in [-0.25, -0.2) is 9.37 Å². The van der Waals surface area contributed by atoms with Gasteiger partial charge in [-0.05, 0) is 42.8 Å². The number of nitrogens with zero attached hydrogens (tertiary/aromatic N) is 1. The molecular weight excluding hydrogens is 291 g/mol. The standard InChI is InChI=1S/C19H19FN2O/c1-3-5-17-18(14-6-4-7-16(12-14)23-2)22-19(21-17)13-8-10-15(20)11-9-13/h4,6-12H,3,5H2,1-2H3,(H,21,22). The molecule has 0 aliphatic carbocycles. The van der Waals surface area contributed by atoms with Crippen molar-refractivity contribution in [3.05, 3.63) is 60.0 Å². The monoisotopic (exact) mass is 310 g/mol. The molecule has 23 heavy (non-hydrogen) atoms. The van der Waals surface area contributed by atoms with Gasteiger partial charge in [0.1, 0.15) is 17.4 Å². The topological polar surface area (TPSA) is 37.9 Å². The van der Waals surface area contributed by atoms with Crippen molar-refractivity contribution in [3.8, 4) is 28.4 Å². The molecule has 118 valence electrons. The Morgan fingerprint density at radius 2 is 1.87 bits per heavy atom. The molecule has 4 heteroatoms. The van der Waals surface area contributed by atoms with Gasteiger partial charge in [0.15, 0.2) is 0 Å². The normalized spacial score (nSPS) is 10.7. The van der Waals surface area contributed by atoms with Crippen LogP contribution in [0.3, 0.4) is 0 Å². The van der Waals surface area contributed by atoms with Gasteiger partial charge in [0, 0.05) is 16.8 Å². The van der Waals surface area contributed by atoms with E-state index < -0.39 is 0 Å². The summed E-state index contributed by atoms with van der Waals surface area (Å²) in [6.45, 7) is 2.13. The molecule has 3 aromatic rings. The zero-order valence-electron chi connectivity index (χ0n) is 13.3. The van der Waals surface area contributed by atoms with Crippen LogP contribution >= 0.6 is 0 Å². The molecule has 0 fully saturated rings. The average Bonchev–Trinajstić information content (AvgIpc) is 3.00. The number of imidazole rings is 1. The third kappa shape index (κ3) is 3.26. The van der Waals surface area contributed by atoms with Crippen molar-refractivity contribution in [1.82, 2.24) is 9.97 Å². The zero-order valence-corrected chi connectivity index (χ0v) is 13.3. The van der Waals surface area contributed by atoms with Crippen LogP contribution in [0.1, 0.15) is 19.0 Å². The molecule has 3 rings (SSSR count). The summed E-state index contributed by atoms with van der Waals surface area (Å²) in [4.78, 5) is 8.12. The number of nitrogens with one attached hydrogen (secondary N) is 1. The summed E-state index contributed by atoms with van der Waals surface area (Å²) in [7, 11) is 1.65. The number of hydrogen-bond acceptors (Lipinski definition) is 2. The fourth-order valence-electron chi connectivity index (χ4n) is 2.59. The summed E-state index contributed by atoms with van der Waals surface area (Å²) >= 11 is 0. The smallest absolute Gasteiger partial charge is 0.138 e. The molecule has 0 bridgehead atoms. The lowest BCUT2D eigenvalue weighted by molar-refractivity contribution is 0.415. The van der Waals surface area contributed by atoms with Crippen molar-refractivity contribution < 1.29 is 9.13 Å². The molecule has 0 amide bonds. The molecule has 1 heterocycles. The van der Waals surface area contributed by atoms with Crippen molar-refractivity contribution >= 4 is 0 Å². The van der Waals surface area contributed by atoms with Gasteiger partial charge in [0.25, 0.3) is 0 Å². The van der Waals surface area contributed by atoms with Crippen LogP contribution in [0.4, 0.5) is 4.39 Å². The maximum atomic E-state index is 13.1. The van der Waals surface area contributed by atoms with Crippen molar-refractivity contribution in [3.63, 3.8) is 0 Å². The highest BCUT2D eigenvalue weighted by Crippen LogP contribution is 2.29. The third-order valence-corrected chi connectivity index (χ3v) is 3.74. The van der Waals surface area contributed by atoms with Crippen LogP contribution in [0.5, 0.6) is 5.75 Å². The van der Waals surface area contributed by atoms with Gasteiger partial charge >= 0.3 is 0 Å². The lowest BCUT2D eigenvalue weighted by atomic mass is 10.1. The van der Waals surface area contributed by atoms with Gasteiger partial charge in [0.2, 0.25) is 0 Å². The number of H-pyrrole nitrogens is 1. The van der Waals surface area contributed by atoms with E-state index in [0.29, 0.717) is 0 Å². The van der Waals surface area contributed by atoms with Crippen molar-refractivity contribution in [2.75, 3.05) is 7.11 Å². The summed E-state index contributed by atoms with van der Waals surface area (Å²) in [5.74, 6) is 1.31. The second kappa shape index (κ2) is 6.65. The average molecular weight is 310 g/mol. The molecule has 0 aliphatic heterocycles. The number of aromatic nitrogens is 2. The number of hydrogen-bond donors (Lipinski definition) is 1. The minimum Gasteiger partial charge on any atom is -0.497 e. The number of ether oxygens (including phenoxy) is 1. The molecule has 0 saturated carbocycles. The highest BCUT2D eigenvalue weighted by molar-refractivity contribution is 5.68. The Morgan fingerprint density at radius 3 is 2.57 bits per heavy atom. The van der Waals surface area contributed by atoms with E-state index in [4.69, 9.17) is 9.72 Å². The van der Waals surface area contributed by atoms with Crippen LogP contribution in [0.15, 0.2) is 48.5 Å². The number of halogens is 1. The Balaban J connectivity index is 2.06. The van der Waals surface area contributed by atoms with E-state index in [-0.39, 0.29) is 5.82 Å². The van der Waals surface area contributed by atoms with Gasteiger partial charge in [0.05, 0.1) is 12.8 Å². The fourth-order valence-corrected chi connectivity index (χ4v) is 2.59. The maximum Gasteiger partial charge on any atom is 0.138 e. The van der Waals surface area contributed by atoms with Gasteiger partial charge in [-0.15, -0.1) is 0 Å². The highest BCUT2D eigenvalue weighted by Gasteiger charge is 2.13. The van der Waals surface area contributed by atoms with E-state index in [2.05, 4.69) is 11.9 Å². The Bertz CT molecular complexity index is 793. The second-order valence-electron chi connectivity index (χ2n) is 5.40. The van der Waals surface area contributed by atoms with E-state index in [9.17, 15) is 4.39 Å². The minimum absolute atomic E-state index is 0.248. The van der Waals surface area contributed by atoms with Crippen molar-refractivity contribution in [2.45, 2.75) is 19.8 Å². The number of rotatable bonds is 5. The quantitative estimate of drug-likeness (QED) is 0.732. The van der Waals surface area contributed by atoms with Gasteiger partial charge in [-0.1, -0.05) is 25.5 Å². The molecule has 0 radical (unpaired) electrons. The first-order valence-electron chi connectivity index (χ1n) is 7.70. The van der Waals surface area contributed by atoms with E-state index in [1.165, 1.54) is 12.1 Å². The van der Waals surface area contributed by atoms with Crippen molar-refractivity contribution in [2.24, 2.45) is 0 Å². The van der Waals surface area contributed by atoms with Crippen LogP contribution < -0.4 is 4.74 Å². The summed E-state index contributed by atoms with van der Waals surface area (Å²) in [6, 6.07) is 14.2. The van der Waals surface area contributed by atoms with Crippen LogP contribution in [0, 0.1) is 5.82 Å². The Labute approximate surface area is 135 Å². The SMILES string of the molecule is CCCc1[nH]c(-c2ccc(F)cc2)nc1-c1cccc(OC)c1. The lowest BCUT2D eigenvalue weighted by Gasteiger charge is -2.04. The number of benzene rings is 2. The predicted molar refractivity (Wildman–Crippen MR) is 90.0 cm³/mol. The summed E-state index contributed by atoms with van der Waals surface area (Å²) in [5.41, 5.74) is 3.89. The first-order chi connectivity index (χ1) is 11.2. The number of methoxy groups -OCH3 is 1. The molecule has 0 spiro atoms. The van der Waals surface area contributed by atoms with E-state index >= 15 is 0 Å². The summed E-state index contributed by atoms with van der Waals surface area (Å²) < 4.78 is 18.4. The van der Waals surface area contributed by atoms with Gasteiger partial charge < -0.3 is 9.72 Å². The van der Waals surface area contributed by atoms with E-state index in [1.54, 1.807) is 19.2 Å². The Kier molecular flexibility index (Phi) is 4.42. The number of aryl methyl sites for hydroxylation is 1. The zero-order chi connectivity index (χ0) is 16.2. The molecule has 2 aromatic carbocycles. The minimum atomic E-state index is -0.248. The Hall–Kier alpha value is -2.62. The molecule has 3 nitrogen and oxygen atoms in total. The molecule has 0 atom stereocenters. The van der Waals surface area contributed by atoms with Crippen molar-refractivity contribution in [1.29, 1.82) is 0 Å². The van der Waals surface area contributed by atoms with E-state index in [1.807, 2.05) is 24.3 Å². The van der Waals surface area contributed by atoms with Crippen LogP contribution in [0.2, 0.25) is 0 Å². The first-order valence-corrected chi connectivity index (χ1v) is 7.70. The third-order valence-electron chi connectivity index (χ3n) is 3.74. The fraction of sp³-hybridized carbons (Fsp3) is 0.211. The van der Waals surface area contributed by atoms with Gasteiger partial charge in [-0.3, -0.25) is 0 Å². The molecule has 1 aromatic heterocycles. The van der Waals surface area contributed by atoms with Gasteiger partial charge in [-0.2, -0.15) is 0 Å². The van der Waals surface area contributed by atoms with Crippen LogP contribution in [0.25, 0.3) is 22.6 Å². The predicted octanol–water partition coefficient (Wildman–Crippen LogP) is 4.84. The number of aromatic amines is 1. The van der Waals surface area contributed by atoms with E-state index in [0.717, 1.165) is 46.9 Å². The molecule has 1 N–H and O–H groups in total. The second-order valence-corrected chi connectivity index (χ2v) is 5.40. The summed E-state index contributed by atoms with van der Waals surface area (Å²) in [5, 5.41) is 0. The summed E-state index contributed by atoms with van der Waals surface area (Å²) in [6.07, 6.45) is 1.92. The first kappa shape index (κ1) is 15.3. The highest BCUT2D eigenvalue weighted by atomic mass is 19.1. The Morgan fingerprint density at radius 1 is 1.09 bits per heavy atom. The lowest BCUT2D eigenvalue weighted by Crippen LogP contribution is -1.89. The molecule has 0 aliphatic rings. The largest absolute Gasteiger partial charge is 0.497 e.